The highest BCUT2D eigenvalue weighted by molar-refractivity contribution is 6.14. The molecule has 0 spiro atoms. The second-order valence-corrected chi connectivity index (χ2v) is 9.60. The Labute approximate surface area is 219 Å². The standard InChI is InChI=1S/C35H22N2O/c1-4-13-30-25(9-1)26-10-2-5-14-31(26)37(30)32-21-20-28-27-11-3-6-15-33(27)38-35(28)34(32)24-18-16-23(17-19-24)29-12-7-8-22-36-29/h1-22H. The Morgan fingerprint density at radius 2 is 1.13 bits per heavy atom. The lowest BCUT2D eigenvalue weighted by atomic mass is 9.98. The second kappa shape index (κ2) is 8.19. The first-order chi connectivity index (χ1) is 18.9. The van der Waals surface area contributed by atoms with Gasteiger partial charge in [0.15, 0.2) is 0 Å². The van der Waals surface area contributed by atoms with E-state index in [2.05, 4.69) is 107 Å². The smallest absolute Gasteiger partial charge is 0.145 e. The Morgan fingerprint density at radius 1 is 0.500 bits per heavy atom. The maximum Gasteiger partial charge on any atom is 0.145 e. The van der Waals surface area contributed by atoms with Crippen LogP contribution < -0.4 is 0 Å². The van der Waals surface area contributed by atoms with Crippen LogP contribution in [-0.2, 0) is 0 Å². The third kappa shape index (κ3) is 3.06. The number of pyridine rings is 1. The zero-order valence-electron chi connectivity index (χ0n) is 20.5. The minimum atomic E-state index is 0.897. The van der Waals surface area contributed by atoms with Gasteiger partial charge in [-0.05, 0) is 48.0 Å². The van der Waals surface area contributed by atoms with E-state index in [1.807, 2.05) is 36.5 Å². The first kappa shape index (κ1) is 21.0. The minimum Gasteiger partial charge on any atom is -0.455 e. The van der Waals surface area contributed by atoms with Crippen LogP contribution in [0.1, 0.15) is 0 Å². The van der Waals surface area contributed by atoms with Gasteiger partial charge in [-0.15, -0.1) is 0 Å². The van der Waals surface area contributed by atoms with Crippen LogP contribution in [0.4, 0.5) is 0 Å². The van der Waals surface area contributed by atoms with Crippen LogP contribution in [0.25, 0.3) is 71.8 Å². The Hall–Kier alpha value is -5.15. The highest BCUT2D eigenvalue weighted by Gasteiger charge is 2.20. The molecule has 0 aliphatic rings. The molecular formula is C35H22N2O. The first-order valence-electron chi connectivity index (χ1n) is 12.8. The van der Waals surface area contributed by atoms with E-state index in [-0.39, 0.29) is 0 Å². The van der Waals surface area contributed by atoms with Gasteiger partial charge in [0.25, 0.3) is 0 Å². The highest BCUT2D eigenvalue weighted by atomic mass is 16.3. The first-order valence-corrected chi connectivity index (χ1v) is 12.8. The van der Waals surface area contributed by atoms with E-state index in [0.717, 1.165) is 50.0 Å². The molecule has 3 heterocycles. The SMILES string of the molecule is c1ccc(-c2ccc(-c3c(-n4c5ccccc5c5ccccc54)ccc4c3oc3ccccc34)cc2)nc1. The Bertz CT molecular complexity index is 2060. The van der Waals surface area contributed by atoms with Crippen molar-refractivity contribution in [3.63, 3.8) is 0 Å². The molecule has 0 unspecified atom stereocenters. The molecule has 0 bridgehead atoms. The molecule has 0 aliphatic carbocycles. The molecule has 8 aromatic rings. The lowest BCUT2D eigenvalue weighted by Crippen LogP contribution is -1.97. The Kier molecular flexibility index (Phi) is 4.52. The van der Waals surface area contributed by atoms with Gasteiger partial charge in [0.1, 0.15) is 11.2 Å². The zero-order valence-corrected chi connectivity index (χ0v) is 20.5. The van der Waals surface area contributed by atoms with Crippen molar-refractivity contribution in [2.75, 3.05) is 0 Å². The van der Waals surface area contributed by atoms with E-state index in [4.69, 9.17) is 4.42 Å². The van der Waals surface area contributed by atoms with E-state index in [9.17, 15) is 0 Å². The second-order valence-electron chi connectivity index (χ2n) is 9.60. The molecule has 0 radical (unpaired) electrons. The monoisotopic (exact) mass is 486 g/mol. The summed E-state index contributed by atoms with van der Waals surface area (Å²) < 4.78 is 8.96. The molecule has 0 fully saturated rings. The molecule has 8 rings (SSSR count). The maximum atomic E-state index is 6.59. The molecular weight excluding hydrogens is 464 g/mol. The van der Waals surface area contributed by atoms with Gasteiger partial charge in [-0.25, -0.2) is 0 Å². The van der Waals surface area contributed by atoms with Crippen molar-refractivity contribution in [3.8, 4) is 28.1 Å². The van der Waals surface area contributed by atoms with Gasteiger partial charge < -0.3 is 8.98 Å². The van der Waals surface area contributed by atoms with Gasteiger partial charge in [-0.2, -0.15) is 0 Å². The van der Waals surface area contributed by atoms with Crippen LogP contribution in [0.15, 0.2) is 138 Å². The number of fused-ring (bicyclic) bond motifs is 6. The van der Waals surface area contributed by atoms with Gasteiger partial charge in [0.05, 0.1) is 22.4 Å². The molecule has 178 valence electrons. The van der Waals surface area contributed by atoms with Crippen molar-refractivity contribution < 1.29 is 4.42 Å². The van der Waals surface area contributed by atoms with E-state index in [0.29, 0.717) is 0 Å². The summed E-state index contributed by atoms with van der Waals surface area (Å²) in [5.41, 5.74) is 9.48. The lowest BCUT2D eigenvalue weighted by molar-refractivity contribution is 0.670. The maximum absolute atomic E-state index is 6.59. The Balaban J connectivity index is 1.47. The third-order valence-corrected chi connectivity index (χ3v) is 7.48. The number of benzene rings is 5. The molecule has 0 amide bonds. The van der Waals surface area contributed by atoms with Crippen molar-refractivity contribution in [1.29, 1.82) is 0 Å². The van der Waals surface area contributed by atoms with Crippen LogP contribution in [0.2, 0.25) is 0 Å². The van der Waals surface area contributed by atoms with E-state index in [1.165, 1.54) is 21.8 Å². The molecule has 0 saturated heterocycles. The van der Waals surface area contributed by atoms with Crippen molar-refractivity contribution in [2.24, 2.45) is 0 Å². The summed E-state index contributed by atoms with van der Waals surface area (Å²) in [6.07, 6.45) is 1.83. The van der Waals surface area contributed by atoms with Gasteiger partial charge in [0, 0.05) is 38.9 Å². The summed E-state index contributed by atoms with van der Waals surface area (Å²) in [5.74, 6) is 0. The lowest BCUT2D eigenvalue weighted by Gasteiger charge is -2.15. The number of aromatic nitrogens is 2. The van der Waals surface area contributed by atoms with Gasteiger partial charge >= 0.3 is 0 Å². The average Bonchev–Trinajstić information content (AvgIpc) is 3.53. The van der Waals surface area contributed by atoms with Crippen LogP contribution >= 0.6 is 0 Å². The van der Waals surface area contributed by atoms with Crippen LogP contribution in [0.3, 0.4) is 0 Å². The summed E-state index contributed by atoms with van der Waals surface area (Å²) in [4.78, 5) is 4.53. The zero-order chi connectivity index (χ0) is 25.1. The summed E-state index contributed by atoms with van der Waals surface area (Å²) in [7, 11) is 0. The molecule has 0 aliphatic heterocycles. The number of para-hydroxylation sites is 3. The molecule has 38 heavy (non-hydrogen) atoms. The Morgan fingerprint density at radius 3 is 1.84 bits per heavy atom. The molecule has 3 aromatic heterocycles. The van der Waals surface area contributed by atoms with Crippen molar-refractivity contribution >= 4 is 43.7 Å². The quantitative estimate of drug-likeness (QED) is 0.249. The topological polar surface area (TPSA) is 31.0 Å². The molecule has 3 nitrogen and oxygen atoms in total. The van der Waals surface area contributed by atoms with Crippen LogP contribution in [0, 0.1) is 0 Å². The summed E-state index contributed by atoms with van der Waals surface area (Å²) in [6, 6.07) is 44.6. The van der Waals surface area contributed by atoms with E-state index < -0.39 is 0 Å². The highest BCUT2D eigenvalue weighted by Crippen LogP contribution is 2.42. The van der Waals surface area contributed by atoms with Crippen LogP contribution in [-0.4, -0.2) is 9.55 Å². The summed E-state index contributed by atoms with van der Waals surface area (Å²) in [6.45, 7) is 0. The molecule has 0 N–H and O–H groups in total. The van der Waals surface area contributed by atoms with Crippen molar-refractivity contribution in [3.05, 3.63) is 134 Å². The van der Waals surface area contributed by atoms with Crippen LogP contribution in [0.5, 0.6) is 0 Å². The van der Waals surface area contributed by atoms with Gasteiger partial charge in [-0.3, -0.25) is 4.98 Å². The number of hydrogen-bond donors (Lipinski definition) is 0. The number of hydrogen-bond acceptors (Lipinski definition) is 2. The van der Waals surface area contributed by atoms with E-state index >= 15 is 0 Å². The largest absolute Gasteiger partial charge is 0.455 e. The fourth-order valence-electron chi connectivity index (χ4n) is 5.77. The van der Waals surface area contributed by atoms with Crippen molar-refractivity contribution in [2.45, 2.75) is 0 Å². The molecule has 0 saturated carbocycles. The van der Waals surface area contributed by atoms with Crippen molar-refractivity contribution in [1.82, 2.24) is 9.55 Å². The van der Waals surface area contributed by atoms with E-state index in [1.54, 1.807) is 0 Å². The molecule has 3 heteroatoms. The summed E-state index contributed by atoms with van der Waals surface area (Å²) in [5, 5.41) is 4.73. The third-order valence-electron chi connectivity index (χ3n) is 7.48. The average molecular weight is 487 g/mol. The predicted molar refractivity (Wildman–Crippen MR) is 157 cm³/mol. The summed E-state index contributed by atoms with van der Waals surface area (Å²) >= 11 is 0. The predicted octanol–water partition coefficient (Wildman–Crippen LogP) is 9.41. The number of furan rings is 1. The minimum absolute atomic E-state index is 0.897. The normalized spacial score (nSPS) is 11.7. The van der Waals surface area contributed by atoms with Gasteiger partial charge in [0.2, 0.25) is 0 Å². The fourth-order valence-corrected chi connectivity index (χ4v) is 5.77. The molecule has 0 atom stereocenters. The number of rotatable bonds is 3. The fraction of sp³-hybridized carbons (Fsp3) is 0. The van der Waals surface area contributed by atoms with Gasteiger partial charge in [-0.1, -0.05) is 84.9 Å². The molecule has 5 aromatic carbocycles. The number of nitrogens with zero attached hydrogens (tertiary/aromatic N) is 2.